The summed E-state index contributed by atoms with van der Waals surface area (Å²) >= 11 is 0. The van der Waals surface area contributed by atoms with E-state index in [0.29, 0.717) is 13.0 Å². The van der Waals surface area contributed by atoms with Gasteiger partial charge in [0.1, 0.15) is 0 Å². The molecule has 4 nitrogen and oxygen atoms in total. The van der Waals surface area contributed by atoms with Gasteiger partial charge in [0, 0.05) is 13.0 Å². The highest BCUT2D eigenvalue weighted by Gasteiger charge is 2.36. The van der Waals surface area contributed by atoms with Gasteiger partial charge in [0.15, 0.2) is 0 Å². The minimum Gasteiger partial charge on any atom is -0.481 e. The molecule has 0 heterocycles. The Labute approximate surface area is 127 Å². The van der Waals surface area contributed by atoms with Gasteiger partial charge in [-0.15, -0.1) is 0 Å². The highest BCUT2D eigenvalue weighted by atomic mass is 16.4. The number of amides is 1. The van der Waals surface area contributed by atoms with Crippen molar-refractivity contribution in [2.75, 3.05) is 6.54 Å². The van der Waals surface area contributed by atoms with Crippen LogP contribution in [0.1, 0.15) is 70.6 Å². The van der Waals surface area contributed by atoms with Gasteiger partial charge in [-0.1, -0.05) is 30.9 Å². The van der Waals surface area contributed by atoms with E-state index in [1.165, 1.54) is 24.8 Å². The highest BCUT2D eigenvalue weighted by molar-refractivity contribution is 5.78. The third-order valence-electron chi connectivity index (χ3n) is 4.88. The zero-order chi connectivity index (χ0) is 15.1. The van der Waals surface area contributed by atoms with Crippen molar-refractivity contribution < 1.29 is 14.7 Å². The van der Waals surface area contributed by atoms with Gasteiger partial charge in [0.2, 0.25) is 5.91 Å². The van der Waals surface area contributed by atoms with Crippen molar-refractivity contribution in [3.8, 4) is 0 Å². The Morgan fingerprint density at radius 3 is 2.52 bits per heavy atom. The first-order valence-electron chi connectivity index (χ1n) is 8.26. The second-order valence-electron chi connectivity index (χ2n) is 6.66. The van der Waals surface area contributed by atoms with Crippen molar-refractivity contribution in [3.05, 3.63) is 11.6 Å². The van der Waals surface area contributed by atoms with Crippen LogP contribution in [0.25, 0.3) is 0 Å². The zero-order valence-electron chi connectivity index (χ0n) is 12.8. The molecule has 2 aliphatic carbocycles. The lowest BCUT2D eigenvalue weighted by Crippen LogP contribution is -2.35. The number of carboxylic acid groups (broad SMARTS) is 1. The predicted molar refractivity (Wildman–Crippen MR) is 81.9 cm³/mol. The van der Waals surface area contributed by atoms with E-state index in [1.54, 1.807) is 0 Å². The summed E-state index contributed by atoms with van der Waals surface area (Å²) in [6.45, 7) is 0.688. The molecule has 0 atom stereocenters. The molecule has 4 heteroatoms. The largest absolute Gasteiger partial charge is 0.481 e. The van der Waals surface area contributed by atoms with Gasteiger partial charge < -0.3 is 10.4 Å². The van der Waals surface area contributed by atoms with Gasteiger partial charge in [0.25, 0.3) is 0 Å². The maximum absolute atomic E-state index is 12.1. The number of allylic oxidation sites excluding steroid dienone is 1. The highest BCUT2D eigenvalue weighted by Crippen LogP contribution is 2.42. The van der Waals surface area contributed by atoms with E-state index in [2.05, 4.69) is 11.4 Å². The first kappa shape index (κ1) is 16.1. The van der Waals surface area contributed by atoms with Crippen LogP contribution >= 0.6 is 0 Å². The molecule has 118 valence electrons. The van der Waals surface area contributed by atoms with Crippen molar-refractivity contribution in [3.63, 3.8) is 0 Å². The molecule has 2 aliphatic rings. The minimum absolute atomic E-state index is 0.0248. The lowest BCUT2D eigenvalue weighted by atomic mass is 9.69. The second kappa shape index (κ2) is 7.62. The van der Waals surface area contributed by atoms with E-state index in [1.807, 2.05) is 0 Å². The molecule has 0 bridgehead atoms. The van der Waals surface area contributed by atoms with E-state index < -0.39 is 5.97 Å². The Bertz CT molecular complexity index is 408. The Kier molecular flexibility index (Phi) is 5.83. The number of nitrogens with one attached hydrogen (secondary N) is 1. The van der Waals surface area contributed by atoms with Crippen LogP contribution in [-0.4, -0.2) is 23.5 Å². The SMILES string of the molecule is O=C(O)CC1(CC(=O)NCCC2=CCCC2)CCCCC1. The molecule has 0 saturated heterocycles. The summed E-state index contributed by atoms with van der Waals surface area (Å²) in [7, 11) is 0. The van der Waals surface area contributed by atoms with Gasteiger partial charge in [-0.2, -0.15) is 0 Å². The average molecular weight is 293 g/mol. The van der Waals surface area contributed by atoms with Crippen LogP contribution in [0.4, 0.5) is 0 Å². The lowest BCUT2D eigenvalue weighted by Gasteiger charge is -2.35. The van der Waals surface area contributed by atoms with E-state index in [9.17, 15) is 9.59 Å². The minimum atomic E-state index is -0.777. The quantitative estimate of drug-likeness (QED) is 0.707. The van der Waals surface area contributed by atoms with Crippen LogP contribution in [0.15, 0.2) is 11.6 Å². The van der Waals surface area contributed by atoms with Crippen LogP contribution in [0.5, 0.6) is 0 Å². The standard InChI is InChI=1S/C17H27NO3/c19-15(18-11-8-14-6-2-3-7-14)12-17(13-16(20)21)9-4-1-5-10-17/h6H,1-5,7-13H2,(H,18,19)(H,20,21). The summed E-state index contributed by atoms with van der Waals surface area (Å²) in [5, 5.41) is 12.1. The third-order valence-corrected chi connectivity index (χ3v) is 4.88. The number of carboxylic acids is 1. The summed E-state index contributed by atoms with van der Waals surface area (Å²) in [5.41, 5.74) is 1.15. The molecule has 0 unspecified atom stereocenters. The van der Waals surface area contributed by atoms with Crippen LogP contribution in [0.3, 0.4) is 0 Å². The van der Waals surface area contributed by atoms with E-state index in [0.717, 1.165) is 38.5 Å². The van der Waals surface area contributed by atoms with Crippen LogP contribution in [-0.2, 0) is 9.59 Å². The Balaban J connectivity index is 1.78. The maximum atomic E-state index is 12.1. The molecule has 2 rings (SSSR count). The molecule has 0 aromatic rings. The molecule has 0 aliphatic heterocycles. The van der Waals surface area contributed by atoms with E-state index in [-0.39, 0.29) is 17.7 Å². The molecule has 0 spiro atoms. The lowest BCUT2D eigenvalue weighted by molar-refractivity contribution is -0.141. The monoisotopic (exact) mass is 293 g/mol. The molecule has 1 saturated carbocycles. The van der Waals surface area contributed by atoms with Crippen LogP contribution in [0, 0.1) is 5.41 Å². The van der Waals surface area contributed by atoms with Crippen molar-refractivity contribution in [1.82, 2.24) is 5.32 Å². The van der Waals surface area contributed by atoms with Gasteiger partial charge in [-0.25, -0.2) is 0 Å². The first-order valence-corrected chi connectivity index (χ1v) is 8.26. The number of aliphatic carboxylic acids is 1. The van der Waals surface area contributed by atoms with Crippen LogP contribution in [0.2, 0.25) is 0 Å². The van der Waals surface area contributed by atoms with E-state index in [4.69, 9.17) is 5.11 Å². The van der Waals surface area contributed by atoms with Crippen molar-refractivity contribution >= 4 is 11.9 Å². The predicted octanol–water partition coefficient (Wildman–Crippen LogP) is 3.42. The van der Waals surface area contributed by atoms with Crippen LogP contribution < -0.4 is 5.32 Å². The Morgan fingerprint density at radius 2 is 1.90 bits per heavy atom. The molecule has 0 aromatic carbocycles. The number of hydrogen-bond donors (Lipinski definition) is 2. The smallest absolute Gasteiger partial charge is 0.303 e. The molecule has 21 heavy (non-hydrogen) atoms. The fourth-order valence-corrected chi connectivity index (χ4v) is 3.77. The first-order chi connectivity index (χ1) is 10.1. The van der Waals surface area contributed by atoms with Crippen molar-refractivity contribution in [2.24, 2.45) is 5.41 Å². The molecule has 1 amide bonds. The van der Waals surface area contributed by atoms with Gasteiger partial charge >= 0.3 is 5.97 Å². The Hall–Kier alpha value is -1.32. The number of carbonyl (C=O) groups excluding carboxylic acids is 1. The van der Waals surface area contributed by atoms with Gasteiger partial charge in [0.05, 0.1) is 6.42 Å². The molecule has 0 radical (unpaired) electrons. The molecular formula is C17H27NO3. The number of carbonyl (C=O) groups is 2. The summed E-state index contributed by atoms with van der Waals surface area (Å²) in [6, 6.07) is 0. The number of rotatable bonds is 7. The average Bonchev–Trinajstić information content (AvgIpc) is 2.91. The number of hydrogen-bond acceptors (Lipinski definition) is 2. The normalized spacial score (nSPS) is 20.9. The Morgan fingerprint density at radius 1 is 1.14 bits per heavy atom. The van der Waals surface area contributed by atoms with E-state index >= 15 is 0 Å². The molecular weight excluding hydrogens is 266 g/mol. The zero-order valence-corrected chi connectivity index (χ0v) is 12.8. The summed E-state index contributed by atoms with van der Waals surface area (Å²) in [5.74, 6) is -0.752. The molecule has 2 N–H and O–H groups in total. The third kappa shape index (κ3) is 5.18. The summed E-state index contributed by atoms with van der Waals surface area (Å²) < 4.78 is 0. The van der Waals surface area contributed by atoms with Gasteiger partial charge in [-0.05, 0) is 43.9 Å². The fraction of sp³-hybridized carbons (Fsp3) is 0.765. The van der Waals surface area contributed by atoms with Gasteiger partial charge in [-0.3, -0.25) is 9.59 Å². The maximum Gasteiger partial charge on any atom is 0.303 e. The summed E-state index contributed by atoms with van der Waals surface area (Å²) in [4.78, 5) is 23.3. The fourth-order valence-electron chi connectivity index (χ4n) is 3.77. The second-order valence-corrected chi connectivity index (χ2v) is 6.66. The summed E-state index contributed by atoms with van der Waals surface area (Å²) in [6.07, 6.45) is 12.3. The molecule has 0 aromatic heterocycles. The van der Waals surface area contributed by atoms with Crippen molar-refractivity contribution in [2.45, 2.75) is 70.6 Å². The molecule has 1 fully saturated rings. The topological polar surface area (TPSA) is 66.4 Å². The van der Waals surface area contributed by atoms with Crippen molar-refractivity contribution in [1.29, 1.82) is 0 Å².